The molecule has 2 unspecified atom stereocenters. The van der Waals surface area contributed by atoms with Crippen molar-refractivity contribution < 1.29 is 29.1 Å². The Kier molecular flexibility index (Phi) is 5.45. The van der Waals surface area contributed by atoms with Crippen molar-refractivity contribution in [2.24, 2.45) is 11.8 Å². The molecule has 0 bridgehead atoms. The van der Waals surface area contributed by atoms with Crippen molar-refractivity contribution >= 4 is 17.6 Å². The Labute approximate surface area is 144 Å². The first-order chi connectivity index (χ1) is 11.8. The van der Waals surface area contributed by atoms with Gasteiger partial charge in [-0.3, -0.25) is 19.7 Å². The lowest BCUT2D eigenvalue weighted by molar-refractivity contribution is -0.385. The van der Waals surface area contributed by atoms with Crippen molar-refractivity contribution in [1.29, 1.82) is 0 Å². The smallest absolute Gasteiger partial charge is 0.308 e. The summed E-state index contributed by atoms with van der Waals surface area (Å²) >= 11 is 0. The van der Waals surface area contributed by atoms with Crippen LogP contribution >= 0.6 is 0 Å². The molecule has 0 aromatic heterocycles. The molecule has 9 nitrogen and oxygen atoms in total. The average Bonchev–Trinajstić information content (AvgIpc) is 2.59. The standard InChI is InChI=1S/C16H20N2O7/c1-9-4-10(16(20)21)8-17(7-9)15(19)11-5-13(24-2)14(25-3)6-12(11)18(22)23/h5-6,9-10H,4,7-8H2,1-3H3,(H,20,21). The number of hydrogen-bond donors (Lipinski definition) is 1. The van der Waals surface area contributed by atoms with Crippen molar-refractivity contribution in [3.05, 3.63) is 27.8 Å². The number of methoxy groups -OCH3 is 2. The van der Waals surface area contributed by atoms with E-state index in [2.05, 4.69) is 0 Å². The Morgan fingerprint density at radius 2 is 1.84 bits per heavy atom. The molecule has 25 heavy (non-hydrogen) atoms. The van der Waals surface area contributed by atoms with Gasteiger partial charge in [0.15, 0.2) is 11.5 Å². The van der Waals surface area contributed by atoms with Crippen LogP contribution in [-0.4, -0.2) is 54.1 Å². The summed E-state index contributed by atoms with van der Waals surface area (Å²) in [5.41, 5.74) is -0.561. The summed E-state index contributed by atoms with van der Waals surface area (Å²) in [6.07, 6.45) is 0.465. The Morgan fingerprint density at radius 3 is 2.36 bits per heavy atom. The average molecular weight is 352 g/mol. The largest absolute Gasteiger partial charge is 0.493 e. The van der Waals surface area contributed by atoms with Crippen LogP contribution in [-0.2, 0) is 4.79 Å². The molecule has 1 aromatic rings. The summed E-state index contributed by atoms with van der Waals surface area (Å²) in [6, 6.07) is 2.39. The highest BCUT2D eigenvalue weighted by atomic mass is 16.6. The van der Waals surface area contributed by atoms with E-state index in [1.807, 2.05) is 6.92 Å². The maximum Gasteiger partial charge on any atom is 0.308 e. The molecule has 1 aliphatic rings. The first-order valence-corrected chi connectivity index (χ1v) is 7.71. The van der Waals surface area contributed by atoms with Crippen molar-refractivity contribution in [2.45, 2.75) is 13.3 Å². The first-order valence-electron chi connectivity index (χ1n) is 7.71. The second kappa shape index (κ2) is 7.37. The molecular weight excluding hydrogens is 332 g/mol. The van der Waals surface area contributed by atoms with Crippen LogP contribution in [0.25, 0.3) is 0 Å². The molecule has 1 aliphatic heterocycles. The van der Waals surface area contributed by atoms with Gasteiger partial charge in [-0.05, 0) is 12.3 Å². The van der Waals surface area contributed by atoms with E-state index in [0.29, 0.717) is 13.0 Å². The van der Waals surface area contributed by atoms with Crippen LogP contribution < -0.4 is 9.47 Å². The highest BCUT2D eigenvalue weighted by molar-refractivity contribution is 5.99. The minimum Gasteiger partial charge on any atom is -0.493 e. The van der Waals surface area contributed by atoms with Gasteiger partial charge in [-0.1, -0.05) is 6.92 Å². The Bertz CT molecular complexity index is 704. The van der Waals surface area contributed by atoms with Crippen LogP contribution in [0, 0.1) is 22.0 Å². The summed E-state index contributed by atoms with van der Waals surface area (Å²) in [4.78, 5) is 36.2. The van der Waals surface area contributed by atoms with Crippen LogP contribution in [0.3, 0.4) is 0 Å². The summed E-state index contributed by atoms with van der Waals surface area (Å²) < 4.78 is 10.2. The van der Waals surface area contributed by atoms with E-state index in [1.165, 1.54) is 25.2 Å². The fourth-order valence-corrected chi connectivity index (χ4v) is 3.06. The van der Waals surface area contributed by atoms with Crippen LogP contribution in [0.1, 0.15) is 23.7 Å². The number of nitro benzene ring substituents is 1. The molecular formula is C16H20N2O7. The van der Waals surface area contributed by atoms with Gasteiger partial charge in [0.2, 0.25) is 0 Å². The molecule has 0 radical (unpaired) electrons. The number of benzene rings is 1. The number of carboxylic acids is 1. The SMILES string of the molecule is COc1cc(C(=O)N2CC(C)CC(C(=O)O)C2)c([N+](=O)[O-])cc1OC. The fourth-order valence-electron chi connectivity index (χ4n) is 3.06. The number of piperidine rings is 1. The molecule has 0 spiro atoms. The lowest BCUT2D eigenvalue weighted by Crippen LogP contribution is -2.45. The summed E-state index contributed by atoms with van der Waals surface area (Å²) in [5.74, 6) is -1.95. The molecule has 1 fully saturated rings. The number of nitrogens with zero attached hydrogens (tertiary/aromatic N) is 2. The number of carboxylic acid groups (broad SMARTS) is 1. The van der Waals surface area contributed by atoms with Crippen LogP contribution in [0.5, 0.6) is 11.5 Å². The van der Waals surface area contributed by atoms with Crippen LogP contribution in [0.15, 0.2) is 12.1 Å². The molecule has 0 saturated carbocycles. The third-order valence-electron chi connectivity index (χ3n) is 4.23. The maximum atomic E-state index is 12.8. The van der Waals surface area contributed by atoms with Gasteiger partial charge in [0, 0.05) is 19.2 Å². The minimum absolute atomic E-state index is 0.0157. The lowest BCUT2D eigenvalue weighted by Gasteiger charge is -2.34. The molecule has 1 aromatic carbocycles. The van der Waals surface area contributed by atoms with Gasteiger partial charge in [0.05, 0.1) is 31.1 Å². The normalized spacial score (nSPS) is 20.0. The molecule has 1 heterocycles. The third kappa shape index (κ3) is 3.81. The number of rotatable bonds is 5. The second-order valence-electron chi connectivity index (χ2n) is 6.07. The van der Waals surface area contributed by atoms with E-state index in [1.54, 1.807) is 0 Å². The molecule has 1 amide bonds. The summed E-state index contributed by atoms with van der Waals surface area (Å²) in [7, 11) is 2.70. The lowest BCUT2D eigenvalue weighted by atomic mass is 9.90. The number of amides is 1. The van der Waals surface area contributed by atoms with E-state index in [0.717, 1.165) is 6.07 Å². The Balaban J connectivity index is 2.43. The van der Waals surface area contributed by atoms with E-state index >= 15 is 0 Å². The Hall–Kier alpha value is -2.84. The minimum atomic E-state index is -0.980. The molecule has 0 aliphatic carbocycles. The zero-order chi connectivity index (χ0) is 18.7. The number of carbonyl (C=O) groups excluding carboxylic acids is 1. The van der Waals surface area contributed by atoms with Crippen molar-refractivity contribution in [3.8, 4) is 11.5 Å². The van der Waals surface area contributed by atoms with Gasteiger partial charge >= 0.3 is 5.97 Å². The van der Waals surface area contributed by atoms with Gasteiger partial charge in [-0.15, -0.1) is 0 Å². The van der Waals surface area contributed by atoms with Gasteiger partial charge in [-0.2, -0.15) is 0 Å². The van der Waals surface area contributed by atoms with Gasteiger partial charge in [-0.25, -0.2) is 0 Å². The van der Waals surface area contributed by atoms with Crippen LogP contribution in [0.4, 0.5) is 5.69 Å². The summed E-state index contributed by atoms with van der Waals surface area (Å²) in [6.45, 7) is 2.20. The van der Waals surface area contributed by atoms with Crippen molar-refractivity contribution in [3.63, 3.8) is 0 Å². The molecule has 1 N–H and O–H groups in total. The number of carbonyl (C=O) groups is 2. The fraction of sp³-hybridized carbons (Fsp3) is 0.500. The maximum absolute atomic E-state index is 12.8. The summed E-state index contributed by atoms with van der Waals surface area (Å²) in [5, 5.41) is 20.6. The number of nitro groups is 1. The zero-order valence-electron chi connectivity index (χ0n) is 14.2. The van der Waals surface area contributed by atoms with E-state index in [9.17, 15) is 24.8 Å². The van der Waals surface area contributed by atoms with Gasteiger partial charge in [0.25, 0.3) is 11.6 Å². The van der Waals surface area contributed by atoms with E-state index < -0.39 is 28.4 Å². The monoisotopic (exact) mass is 352 g/mol. The van der Waals surface area contributed by atoms with Gasteiger partial charge in [0.1, 0.15) is 5.56 Å². The molecule has 136 valence electrons. The molecule has 9 heteroatoms. The van der Waals surface area contributed by atoms with Crippen LogP contribution in [0.2, 0.25) is 0 Å². The highest BCUT2D eigenvalue weighted by Crippen LogP contribution is 2.36. The van der Waals surface area contributed by atoms with E-state index in [4.69, 9.17) is 9.47 Å². The topological polar surface area (TPSA) is 119 Å². The Morgan fingerprint density at radius 1 is 1.24 bits per heavy atom. The quantitative estimate of drug-likeness (QED) is 0.634. The molecule has 2 atom stereocenters. The molecule has 2 rings (SSSR count). The number of ether oxygens (including phenoxy) is 2. The number of hydrogen-bond acceptors (Lipinski definition) is 6. The third-order valence-corrected chi connectivity index (χ3v) is 4.23. The number of likely N-dealkylation sites (tertiary alicyclic amines) is 1. The van der Waals surface area contributed by atoms with Gasteiger partial charge < -0.3 is 19.5 Å². The highest BCUT2D eigenvalue weighted by Gasteiger charge is 2.35. The van der Waals surface area contributed by atoms with Crippen molar-refractivity contribution in [1.82, 2.24) is 4.90 Å². The van der Waals surface area contributed by atoms with E-state index in [-0.39, 0.29) is 29.5 Å². The zero-order valence-corrected chi connectivity index (χ0v) is 14.2. The predicted molar refractivity (Wildman–Crippen MR) is 87.0 cm³/mol. The second-order valence-corrected chi connectivity index (χ2v) is 6.07. The first kappa shape index (κ1) is 18.5. The molecule has 1 saturated heterocycles. The predicted octanol–water partition coefficient (Wildman–Crippen LogP) is 1.79. The number of aliphatic carboxylic acids is 1. The van der Waals surface area contributed by atoms with Crippen molar-refractivity contribution in [2.75, 3.05) is 27.3 Å².